The summed E-state index contributed by atoms with van der Waals surface area (Å²) in [6, 6.07) is 6.33. The average molecular weight is 297 g/mol. The molecule has 4 heteroatoms. The Morgan fingerprint density at radius 3 is 2.45 bits per heavy atom. The third-order valence-electron chi connectivity index (χ3n) is 4.19. The lowest BCUT2D eigenvalue weighted by Crippen LogP contribution is -2.52. The molecular weight excluding hydrogens is 272 g/mol. The molecule has 1 aromatic rings. The first-order valence-electron chi connectivity index (χ1n) is 7.09. The van der Waals surface area contributed by atoms with Crippen molar-refractivity contribution in [3.05, 3.63) is 34.9 Å². The topological polar surface area (TPSA) is 55.1 Å². The zero-order valence-electron chi connectivity index (χ0n) is 12.5. The molecule has 1 aliphatic carbocycles. The van der Waals surface area contributed by atoms with Crippen LogP contribution in [0.3, 0.4) is 0 Å². The number of hydrogen-bond acceptors (Lipinski definition) is 2. The van der Waals surface area contributed by atoms with E-state index >= 15 is 0 Å². The Morgan fingerprint density at radius 1 is 1.30 bits per heavy atom. The Kier molecular flexibility index (Phi) is 5.60. The minimum absolute atomic E-state index is 0. The second-order valence-corrected chi connectivity index (χ2v) is 5.92. The van der Waals surface area contributed by atoms with Crippen molar-refractivity contribution in [1.82, 2.24) is 5.32 Å². The number of nitrogens with one attached hydrogen (secondary N) is 1. The van der Waals surface area contributed by atoms with Gasteiger partial charge in [0, 0.05) is 0 Å². The minimum atomic E-state index is -0.646. The van der Waals surface area contributed by atoms with Crippen LogP contribution in [0.4, 0.5) is 0 Å². The van der Waals surface area contributed by atoms with E-state index in [9.17, 15) is 4.79 Å². The molecule has 2 rings (SSSR count). The molecule has 0 radical (unpaired) electrons. The van der Waals surface area contributed by atoms with Gasteiger partial charge in [-0.3, -0.25) is 4.79 Å². The zero-order valence-corrected chi connectivity index (χ0v) is 13.3. The largest absolute Gasteiger partial charge is 0.348 e. The standard InChI is InChI=1S/C16H24N2O.ClH/c1-11-6-7-14(12(2)10-11)13(3)18-15(19)16(17)8-4-5-9-16;/h6-7,10,13H,4-5,8-9,17H2,1-3H3,(H,18,19);1H. The van der Waals surface area contributed by atoms with Crippen LogP contribution in [-0.4, -0.2) is 11.4 Å². The van der Waals surface area contributed by atoms with Gasteiger partial charge in [-0.1, -0.05) is 36.6 Å². The normalized spacial score (nSPS) is 18.2. The molecule has 1 fully saturated rings. The number of halogens is 1. The highest BCUT2D eigenvalue weighted by Gasteiger charge is 2.37. The summed E-state index contributed by atoms with van der Waals surface area (Å²) in [5.41, 5.74) is 9.16. The highest BCUT2D eigenvalue weighted by atomic mass is 35.5. The quantitative estimate of drug-likeness (QED) is 0.900. The Morgan fingerprint density at radius 2 is 1.90 bits per heavy atom. The van der Waals surface area contributed by atoms with E-state index < -0.39 is 5.54 Å². The fourth-order valence-corrected chi connectivity index (χ4v) is 2.96. The average Bonchev–Trinajstić information content (AvgIpc) is 2.77. The van der Waals surface area contributed by atoms with Crippen LogP contribution < -0.4 is 11.1 Å². The number of aryl methyl sites for hydroxylation is 2. The maximum atomic E-state index is 12.3. The van der Waals surface area contributed by atoms with Gasteiger partial charge < -0.3 is 11.1 Å². The molecule has 20 heavy (non-hydrogen) atoms. The van der Waals surface area contributed by atoms with Crippen molar-refractivity contribution >= 4 is 18.3 Å². The lowest BCUT2D eigenvalue weighted by Gasteiger charge is -2.26. The van der Waals surface area contributed by atoms with Gasteiger partial charge in [-0.2, -0.15) is 0 Å². The number of hydrogen-bond donors (Lipinski definition) is 2. The number of rotatable bonds is 3. The molecule has 1 saturated carbocycles. The SMILES string of the molecule is Cc1ccc(C(C)NC(=O)C2(N)CCCC2)c(C)c1.Cl. The van der Waals surface area contributed by atoms with Crippen molar-refractivity contribution in [3.8, 4) is 0 Å². The summed E-state index contributed by atoms with van der Waals surface area (Å²) in [5, 5.41) is 3.07. The number of carbonyl (C=O) groups excluding carboxylic acids is 1. The summed E-state index contributed by atoms with van der Waals surface area (Å²) in [7, 11) is 0. The van der Waals surface area contributed by atoms with E-state index in [1.54, 1.807) is 0 Å². The molecule has 0 saturated heterocycles. The fraction of sp³-hybridized carbons (Fsp3) is 0.562. The van der Waals surface area contributed by atoms with Crippen molar-refractivity contribution in [2.75, 3.05) is 0 Å². The maximum absolute atomic E-state index is 12.3. The fourth-order valence-electron chi connectivity index (χ4n) is 2.96. The minimum Gasteiger partial charge on any atom is -0.348 e. The smallest absolute Gasteiger partial charge is 0.240 e. The van der Waals surface area contributed by atoms with Crippen LogP contribution in [-0.2, 0) is 4.79 Å². The van der Waals surface area contributed by atoms with Crippen molar-refractivity contribution in [2.24, 2.45) is 5.73 Å². The molecule has 1 atom stereocenters. The first kappa shape index (κ1) is 17.0. The molecular formula is C16H25ClN2O. The molecule has 1 aliphatic rings. The summed E-state index contributed by atoms with van der Waals surface area (Å²) >= 11 is 0. The van der Waals surface area contributed by atoms with E-state index in [1.165, 1.54) is 16.7 Å². The second-order valence-electron chi connectivity index (χ2n) is 5.92. The predicted octanol–water partition coefficient (Wildman–Crippen LogP) is 3.17. The third-order valence-corrected chi connectivity index (χ3v) is 4.19. The van der Waals surface area contributed by atoms with E-state index in [4.69, 9.17) is 5.73 Å². The Labute approximate surface area is 127 Å². The van der Waals surface area contributed by atoms with Gasteiger partial charge in [-0.15, -0.1) is 12.4 Å². The van der Waals surface area contributed by atoms with Gasteiger partial charge in [0.2, 0.25) is 5.91 Å². The molecule has 0 aromatic heterocycles. The number of benzene rings is 1. The van der Waals surface area contributed by atoms with Gasteiger partial charge in [0.1, 0.15) is 0 Å². The van der Waals surface area contributed by atoms with Gasteiger partial charge >= 0.3 is 0 Å². The molecule has 112 valence electrons. The predicted molar refractivity (Wildman–Crippen MR) is 85.1 cm³/mol. The molecule has 0 heterocycles. The number of nitrogens with two attached hydrogens (primary N) is 1. The summed E-state index contributed by atoms with van der Waals surface area (Å²) in [6.07, 6.45) is 3.72. The molecule has 3 N–H and O–H groups in total. The van der Waals surface area contributed by atoms with E-state index in [2.05, 4.69) is 37.4 Å². The maximum Gasteiger partial charge on any atom is 0.240 e. The van der Waals surface area contributed by atoms with Crippen LogP contribution in [0.25, 0.3) is 0 Å². The second kappa shape index (κ2) is 6.59. The summed E-state index contributed by atoms with van der Waals surface area (Å²) < 4.78 is 0. The van der Waals surface area contributed by atoms with E-state index in [0.717, 1.165) is 25.7 Å². The molecule has 3 nitrogen and oxygen atoms in total. The lowest BCUT2D eigenvalue weighted by atomic mass is 9.95. The van der Waals surface area contributed by atoms with Gasteiger partial charge in [0.05, 0.1) is 11.6 Å². The monoisotopic (exact) mass is 296 g/mol. The third kappa shape index (κ3) is 3.53. The van der Waals surface area contributed by atoms with Crippen LogP contribution in [0, 0.1) is 13.8 Å². The summed E-state index contributed by atoms with van der Waals surface area (Å²) in [6.45, 7) is 6.18. The van der Waals surface area contributed by atoms with E-state index in [0.29, 0.717) is 0 Å². The first-order chi connectivity index (χ1) is 8.92. The van der Waals surface area contributed by atoms with E-state index in [1.807, 2.05) is 6.92 Å². The van der Waals surface area contributed by atoms with Gasteiger partial charge in [-0.05, 0) is 44.7 Å². The molecule has 0 spiro atoms. The van der Waals surface area contributed by atoms with Crippen molar-refractivity contribution in [1.29, 1.82) is 0 Å². The van der Waals surface area contributed by atoms with Crippen LogP contribution >= 0.6 is 12.4 Å². The number of amides is 1. The Hall–Kier alpha value is -1.06. The molecule has 1 unspecified atom stereocenters. The summed E-state index contributed by atoms with van der Waals surface area (Å²) in [5.74, 6) is -0.00234. The van der Waals surface area contributed by atoms with Crippen molar-refractivity contribution < 1.29 is 4.79 Å². The van der Waals surface area contributed by atoms with Crippen LogP contribution in [0.1, 0.15) is 55.3 Å². The number of carbonyl (C=O) groups is 1. The molecule has 1 amide bonds. The Balaban J connectivity index is 0.00000200. The van der Waals surface area contributed by atoms with Gasteiger partial charge in [0.25, 0.3) is 0 Å². The first-order valence-corrected chi connectivity index (χ1v) is 7.09. The Bertz CT molecular complexity index is 481. The van der Waals surface area contributed by atoms with Gasteiger partial charge in [-0.25, -0.2) is 0 Å². The summed E-state index contributed by atoms with van der Waals surface area (Å²) in [4.78, 5) is 12.3. The van der Waals surface area contributed by atoms with Crippen molar-refractivity contribution in [2.45, 2.75) is 58.0 Å². The van der Waals surface area contributed by atoms with Gasteiger partial charge in [0.15, 0.2) is 0 Å². The lowest BCUT2D eigenvalue weighted by molar-refractivity contribution is -0.126. The highest BCUT2D eigenvalue weighted by molar-refractivity contribution is 5.86. The molecule has 0 bridgehead atoms. The molecule has 1 aromatic carbocycles. The highest BCUT2D eigenvalue weighted by Crippen LogP contribution is 2.28. The van der Waals surface area contributed by atoms with Crippen LogP contribution in [0.5, 0.6) is 0 Å². The van der Waals surface area contributed by atoms with Crippen LogP contribution in [0.15, 0.2) is 18.2 Å². The zero-order chi connectivity index (χ0) is 14.0. The van der Waals surface area contributed by atoms with Crippen molar-refractivity contribution in [3.63, 3.8) is 0 Å². The molecule has 0 aliphatic heterocycles. The van der Waals surface area contributed by atoms with E-state index in [-0.39, 0.29) is 24.4 Å². The van der Waals surface area contributed by atoms with Crippen LogP contribution in [0.2, 0.25) is 0 Å².